The van der Waals surface area contributed by atoms with Crippen LogP contribution in [0.2, 0.25) is 0 Å². The number of para-hydroxylation sites is 1. The Labute approximate surface area is 119 Å². The van der Waals surface area contributed by atoms with Gasteiger partial charge in [-0.05, 0) is 23.7 Å². The zero-order chi connectivity index (χ0) is 14.4. The first-order valence-electron chi connectivity index (χ1n) is 5.82. The molecule has 1 aromatic heterocycles. The van der Waals surface area contributed by atoms with Gasteiger partial charge in [-0.3, -0.25) is 4.79 Å². The number of carbonyl (C=O) groups excluding carboxylic acids is 1. The van der Waals surface area contributed by atoms with Crippen LogP contribution in [0.15, 0.2) is 40.9 Å². The predicted molar refractivity (Wildman–Crippen MR) is 76.1 cm³/mol. The summed E-state index contributed by atoms with van der Waals surface area (Å²) in [5.74, 6) is -0.203. The minimum absolute atomic E-state index is 0.0649. The molecule has 0 unspecified atom stereocenters. The topological polar surface area (TPSA) is 105 Å². The van der Waals surface area contributed by atoms with E-state index in [0.29, 0.717) is 0 Å². The molecule has 7 nitrogen and oxygen atoms in total. The van der Waals surface area contributed by atoms with Gasteiger partial charge in [0.1, 0.15) is 5.84 Å². The quantitative estimate of drug-likeness (QED) is 0.374. The average molecular weight is 291 g/mol. The molecule has 8 heteroatoms. The highest BCUT2D eigenvalue weighted by atomic mass is 32.1. The lowest BCUT2D eigenvalue weighted by Gasteiger charge is -2.21. The van der Waals surface area contributed by atoms with Crippen LogP contribution in [0.4, 0.5) is 5.69 Å². The lowest BCUT2D eigenvalue weighted by Crippen LogP contribution is -2.34. The van der Waals surface area contributed by atoms with Gasteiger partial charge in [0.05, 0.1) is 0 Å². The van der Waals surface area contributed by atoms with Gasteiger partial charge in [0.15, 0.2) is 5.69 Å². The molecule has 104 valence electrons. The van der Waals surface area contributed by atoms with Crippen LogP contribution in [0.3, 0.4) is 0 Å². The van der Waals surface area contributed by atoms with Gasteiger partial charge in [-0.25, -0.2) is 0 Å². The predicted octanol–water partition coefficient (Wildman–Crippen LogP) is 1.32. The smallest absolute Gasteiger partial charge is 0.279 e. The summed E-state index contributed by atoms with van der Waals surface area (Å²) in [6.45, 7) is 0.288. The van der Waals surface area contributed by atoms with Crippen molar-refractivity contribution < 1.29 is 10.0 Å². The molecule has 0 fully saturated rings. The Balaban J connectivity index is 2.22. The SMILES string of the molecule is NC(CCN(C(=O)c1csnn1)c1ccccc1)=NO. The van der Waals surface area contributed by atoms with Gasteiger partial charge in [-0.15, -0.1) is 5.10 Å². The number of nitrogens with two attached hydrogens (primary N) is 1. The highest BCUT2D eigenvalue weighted by Gasteiger charge is 2.20. The second-order valence-electron chi connectivity index (χ2n) is 3.92. The van der Waals surface area contributed by atoms with Gasteiger partial charge >= 0.3 is 0 Å². The largest absolute Gasteiger partial charge is 0.409 e. The molecule has 1 heterocycles. The summed E-state index contributed by atoms with van der Waals surface area (Å²) >= 11 is 1.11. The normalized spacial score (nSPS) is 11.3. The fourth-order valence-corrected chi connectivity index (χ4v) is 2.06. The molecule has 1 aromatic carbocycles. The first-order chi connectivity index (χ1) is 9.72. The van der Waals surface area contributed by atoms with E-state index in [4.69, 9.17) is 10.9 Å². The van der Waals surface area contributed by atoms with Crippen LogP contribution in [-0.4, -0.2) is 33.1 Å². The summed E-state index contributed by atoms with van der Waals surface area (Å²) in [7, 11) is 0. The summed E-state index contributed by atoms with van der Waals surface area (Å²) in [5.41, 5.74) is 6.45. The molecule has 2 rings (SSSR count). The fourth-order valence-electron chi connectivity index (χ4n) is 1.63. The van der Waals surface area contributed by atoms with Crippen molar-refractivity contribution in [2.24, 2.45) is 10.9 Å². The Bertz CT molecular complexity index is 585. The van der Waals surface area contributed by atoms with Gasteiger partial charge in [0.25, 0.3) is 5.91 Å². The van der Waals surface area contributed by atoms with E-state index >= 15 is 0 Å². The highest BCUT2D eigenvalue weighted by molar-refractivity contribution is 7.03. The molecular formula is C12H13N5O2S. The molecule has 0 saturated carbocycles. The van der Waals surface area contributed by atoms with Gasteiger partial charge in [0.2, 0.25) is 0 Å². The van der Waals surface area contributed by atoms with Crippen LogP contribution in [0.5, 0.6) is 0 Å². The summed E-state index contributed by atoms with van der Waals surface area (Å²) in [6, 6.07) is 9.14. The third-order valence-corrected chi connectivity index (χ3v) is 3.12. The van der Waals surface area contributed by atoms with Crippen molar-refractivity contribution in [1.82, 2.24) is 9.59 Å². The first kappa shape index (κ1) is 13.9. The first-order valence-corrected chi connectivity index (χ1v) is 6.66. The van der Waals surface area contributed by atoms with E-state index in [1.54, 1.807) is 5.38 Å². The fraction of sp³-hybridized carbons (Fsp3) is 0.167. The van der Waals surface area contributed by atoms with E-state index < -0.39 is 0 Å². The highest BCUT2D eigenvalue weighted by Crippen LogP contribution is 2.16. The minimum atomic E-state index is -0.268. The van der Waals surface area contributed by atoms with Crippen molar-refractivity contribution in [1.29, 1.82) is 0 Å². The number of amidine groups is 1. The van der Waals surface area contributed by atoms with Crippen molar-refractivity contribution in [2.45, 2.75) is 6.42 Å². The number of rotatable bonds is 5. The Kier molecular flexibility index (Phi) is 4.61. The van der Waals surface area contributed by atoms with Gasteiger partial charge in [-0.1, -0.05) is 27.8 Å². The second-order valence-corrected chi connectivity index (χ2v) is 4.53. The number of benzene rings is 1. The molecule has 3 N–H and O–H groups in total. The zero-order valence-electron chi connectivity index (χ0n) is 10.5. The molecule has 2 aromatic rings. The third kappa shape index (κ3) is 3.29. The third-order valence-electron chi connectivity index (χ3n) is 2.61. The van der Waals surface area contributed by atoms with E-state index in [0.717, 1.165) is 17.2 Å². The van der Waals surface area contributed by atoms with Crippen LogP contribution in [0.1, 0.15) is 16.9 Å². The van der Waals surface area contributed by atoms with Crippen molar-refractivity contribution in [2.75, 3.05) is 11.4 Å². The standard InChI is InChI=1S/C12H13N5O2S/c13-11(15-19)6-7-17(9-4-2-1-3-5-9)12(18)10-8-20-16-14-10/h1-5,8,19H,6-7H2,(H2,13,15). The van der Waals surface area contributed by atoms with Gasteiger partial charge in [0, 0.05) is 24.0 Å². The maximum atomic E-state index is 12.4. The van der Waals surface area contributed by atoms with Crippen LogP contribution >= 0.6 is 11.5 Å². The molecule has 0 aliphatic carbocycles. The molecule has 0 aliphatic heterocycles. The molecular weight excluding hydrogens is 278 g/mol. The lowest BCUT2D eigenvalue weighted by atomic mass is 10.2. The Morgan fingerprint density at radius 3 is 2.75 bits per heavy atom. The molecule has 1 amide bonds. The molecule has 0 aliphatic rings. The lowest BCUT2D eigenvalue weighted by molar-refractivity contribution is 0.0983. The average Bonchev–Trinajstić information content (AvgIpc) is 3.02. The Morgan fingerprint density at radius 2 is 2.15 bits per heavy atom. The number of oxime groups is 1. The molecule has 20 heavy (non-hydrogen) atoms. The van der Waals surface area contributed by atoms with E-state index in [1.165, 1.54) is 4.90 Å². The van der Waals surface area contributed by atoms with E-state index in [-0.39, 0.29) is 30.4 Å². The zero-order valence-corrected chi connectivity index (χ0v) is 11.3. The summed E-state index contributed by atoms with van der Waals surface area (Å²) < 4.78 is 3.69. The van der Waals surface area contributed by atoms with Crippen LogP contribution in [0, 0.1) is 0 Å². The van der Waals surface area contributed by atoms with Gasteiger partial charge < -0.3 is 15.8 Å². The second kappa shape index (κ2) is 6.62. The molecule has 0 bridgehead atoms. The summed E-state index contributed by atoms with van der Waals surface area (Å²) in [4.78, 5) is 13.9. The number of hydrogen-bond acceptors (Lipinski definition) is 6. The van der Waals surface area contributed by atoms with Gasteiger partial charge in [-0.2, -0.15) is 0 Å². The van der Waals surface area contributed by atoms with Crippen molar-refractivity contribution in [3.05, 3.63) is 41.4 Å². The van der Waals surface area contributed by atoms with Crippen molar-refractivity contribution >= 4 is 29.0 Å². The molecule has 0 spiro atoms. The number of nitrogens with zero attached hydrogens (tertiary/aromatic N) is 4. The number of aromatic nitrogens is 2. The summed E-state index contributed by atoms with van der Waals surface area (Å²) in [5, 5.41) is 16.8. The number of amides is 1. The minimum Gasteiger partial charge on any atom is -0.409 e. The Hall–Kier alpha value is -2.48. The molecule has 0 radical (unpaired) electrons. The van der Waals surface area contributed by atoms with Crippen LogP contribution in [-0.2, 0) is 0 Å². The molecule has 0 atom stereocenters. The van der Waals surface area contributed by atoms with Crippen LogP contribution in [0.25, 0.3) is 0 Å². The van der Waals surface area contributed by atoms with E-state index in [2.05, 4.69) is 14.7 Å². The maximum absolute atomic E-state index is 12.4. The van der Waals surface area contributed by atoms with Crippen molar-refractivity contribution in [3.8, 4) is 0 Å². The Morgan fingerprint density at radius 1 is 1.40 bits per heavy atom. The maximum Gasteiger partial charge on any atom is 0.279 e. The van der Waals surface area contributed by atoms with E-state index in [1.807, 2.05) is 30.3 Å². The molecule has 0 saturated heterocycles. The monoisotopic (exact) mass is 291 g/mol. The number of carbonyl (C=O) groups is 1. The summed E-state index contributed by atoms with van der Waals surface area (Å²) in [6.07, 6.45) is 0.259. The van der Waals surface area contributed by atoms with Crippen molar-refractivity contribution in [3.63, 3.8) is 0 Å². The van der Waals surface area contributed by atoms with E-state index in [9.17, 15) is 4.79 Å². The number of anilines is 1. The van der Waals surface area contributed by atoms with Crippen LogP contribution < -0.4 is 10.6 Å². The number of hydrogen-bond donors (Lipinski definition) is 2.